The molecule has 0 aromatic carbocycles. The van der Waals surface area contributed by atoms with Crippen molar-refractivity contribution in [1.82, 2.24) is 5.32 Å². The molecule has 82 valence electrons. The molecule has 1 atom stereocenters. The lowest BCUT2D eigenvalue weighted by molar-refractivity contribution is -0.438. The molecule has 0 aliphatic carbocycles. The summed E-state index contributed by atoms with van der Waals surface area (Å²) < 4.78 is 0. The van der Waals surface area contributed by atoms with Gasteiger partial charge >= 0.3 is 0 Å². The molecule has 0 heterocycles. The van der Waals surface area contributed by atoms with E-state index in [-0.39, 0.29) is 12.5 Å². The van der Waals surface area contributed by atoms with Crippen LogP contribution < -0.4 is 21.9 Å². The van der Waals surface area contributed by atoms with Crippen molar-refractivity contribution in [1.29, 1.82) is 0 Å². The summed E-state index contributed by atoms with van der Waals surface area (Å²) in [6.45, 7) is 0.797. The van der Waals surface area contributed by atoms with Crippen molar-refractivity contribution in [2.75, 3.05) is 13.1 Å². The molecule has 0 aliphatic rings. The smallest absolute Gasteiger partial charge is 0.275 e. The van der Waals surface area contributed by atoms with Gasteiger partial charge in [-0.1, -0.05) is 0 Å². The molecule has 1 amide bonds. The Morgan fingerprint density at radius 2 is 2.00 bits per heavy atom. The van der Waals surface area contributed by atoms with Crippen LogP contribution in [0.15, 0.2) is 0 Å². The quantitative estimate of drug-likeness (QED) is 0.365. The number of carbonyl (C=O) groups excluding carboxylic acids is 2. The van der Waals surface area contributed by atoms with E-state index in [1.807, 2.05) is 0 Å². The average Bonchev–Trinajstić information content (AvgIpc) is 2.16. The van der Waals surface area contributed by atoms with Crippen LogP contribution in [-0.2, 0) is 9.59 Å². The fraction of sp³-hybridized carbons (Fsp3) is 0.750. The topological polar surface area (TPSA) is 125 Å². The van der Waals surface area contributed by atoms with E-state index in [2.05, 4.69) is 16.8 Å². The lowest BCUT2D eigenvalue weighted by Crippen LogP contribution is -2.68. The molecule has 0 saturated carbocycles. The second kappa shape index (κ2) is 7.28. The van der Waals surface area contributed by atoms with Gasteiger partial charge in [-0.05, 0) is 12.8 Å². The van der Waals surface area contributed by atoms with Crippen LogP contribution in [-0.4, -0.2) is 31.0 Å². The first-order valence-corrected chi connectivity index (χ1v) is 4.67. The number of carboxylic acid groups (broad SMARTS) is 1. The molecule has 6 nitrogen and oxygen atoms in total. The SMILES string of the molecule is [NH3+]CC(=O)NCCCC[C@H]([NH3+])C(=O)[O-]. The van der Waals surface area contributed by atoms with Crippen molar-refractivity contribution in [3.05, 3.63) is 0 Å². The second-order valence-electron chi connectivity index (χ2n) is 3.11. The van der Waals surface area contributed by atoms with Crippen molar-refractivity contribution in [2.45, 2.75) is 25.3 Å². The molecule has 0 bridgehead atoms. The standard InChI is InChI=1S/C8H17N3O3/c9-5-7(12)11-4-2-1-3-6(10)8(13)14/h6H,1-5,9-10H2,(H,11,12)(H,13,14)/p+1/t6-/m0/s1. The summed E-state index contributed by atoms with van der Waals surface area (Å²) in [5, 5.41) is 12.9. The van der Waals surface area contributed by atoms with Crippen LogP contribution >= 0.6 is 0 Å². The Kier molecular flexibility index (Phi) is 6.69. The largest absolute Gasteiger partial charge is 0.544 e. The van der Waals surface area contributed by atoms with E-state index >= 15 is 0 Å². The van der Waals surface area contributed by atoms with Crippen LogP contribution in [0.2, 0.25) is 0 Å². The molecule has 0 radical (unpaired) electrons. The van der Waals surface area contributed by atoms with Crippen molar-refractivity contribution < 1.29 is 26.2 Å². The van der Waals surface area contributed by atoms with Gasteiger partial charge in [0, 0.05) is 13.0 Å². The maximum atomic E-state index is 10.7. The maximum Gasteiger partial charge on any atom is 0.275 e. The lowest BCUT2D eigenvalue weighted by Gasteiger charge is -2.08. The van der Waals surface area contributed by atoms with Crippen molar-refractivity contribution in [3.8, 4) is 0 Å². The summed E-state index contributed by atoms with van der Waals surface area (Å²) in [5.74, 6) is -1.21. The van der Waals surface area contributed by atoms with E-state index < -0.39 is 12.0 Å². The molecule has 0 rings (SSSR count). The lowest BCUT2D eigenvalue weighted by atomic mass is 10.1. The van der Waals surface area contributed by atoms with Gasteiger partial charge in [0.05, 0.1) is 5.97 Å². The van der Waals surface area contributed by atoms with E-state index in [0.29, 0.717) is 13.0 Å². The van der Waals surface area contributed by atoms with Crippen LogP contribution in [0.4, 0.5) is 0 Å². The number of amides is 1. The van der Waals surface area contributed by atoms with E-state index in [1.54, 1.807) is 0 Å². The van der Waals surface area contributed by atoms with Crippen molar-refractivity contribution in [2.24, 2.45) is 0 Å². The third kappa shape index (κ3) is 6.38. The van der Waals surface area contributed by atoms with Crippen LogP contribution in [0, 0.1) is 0 Å². The fourth-order valence-corrected chi connectivity index (χ4v) is 0.950. The fourth-order valence-electron chi connectivity index (χ4n) is 0.950. The zero-order chi connectivity index (χ0) is 11.0. The number of rotatable bonds is 7. The summed E-state index contributed by atoms with van der Waals surface area (Å²) >= 11 is 0. The molecule has 7 N–H and O–H groups in total. The van der Waals surface area contributed by atoms with Crippen molar-refractivity contribution in [3.63, 3.8) is 0 Å². The predicted molar refractivity (Wildman–Crippen MR) is 46.3 cm³/mol. The molecule has 0 aromatic rings. The minimum atomic E-state index is -1.12. The van der Waals surface area contributed by atoms with Gasteiger partial charge in [-0.15, -0.1) is 0 Å². The number of aliphatic carboxylic acids is 1. The number of carboxylic acids is 1. The molecule has 0 saturated heterocycles. The molecule has 6 heteroatoms. The zero-order valence-corrected chi connectivity index (χ0v) is 8.25. The number of unbranched alkanes of at least 4 members (excludes halogenated alkanes) is 1. The van der Waals surface area contributed by atoms with Gasteiger partial charge in [-0.3, -0.25) is 4.79 Å². The summed E-state index contributed by atoms with van der Waals surface area (Å²) in [6, 6.07) is -0.654. The van der Waals surface area contributed by atoms with Gasteiger partial charge in [0.15, 0.2) is 6.54 Å². The molecular weight excluding hydrogens is 186 g/mol. The van der Waals surface area contributed by atoms with E-state index in [4.69, 9.17) is 0 Å². The molecule has 0 spiro atoms. The molecule has 14 heavy (non-hydrogen) atoms. The van der Waals surface area contributed by atoms with Crippen LogP contribution in [0.1, 0.15) is 19.3 Å². The Balaban J connectivity index is 3.30. The van der Waals surface area contributed by atoms with Gasteiger partial charge < -0.3 is 26.7 Å². The second-order valence-corrected chi connectivity index (χ2v) is 3.11. The normalized spacial score (nSPS) is 12.1. The van der Waals surface area contributed by atoms with Crippen LogP contribution in [0.5, 0.6) is 0 Å². The number of hydrogen-bond acceptors (Lipinski definition) is 3. The highest BCUT2D eigenvalue weighted by Crippen LogP contribution is 1.95. The highest BCUT2D eigenvalue weighted by atomic mass is 16.4. The first kappa shape index (κ1) is 12.9. The van der Waals surface area contributed by atoms with E-state index in [0.717, 1.165) is 12.8 Å². The zero-order valence-electron chi connectivity index (χ0n) is 8.25. The predicted octanol–water partition coefficient (Wildman–Crippen LogP) is -4.12. The monoisotopic (exact) mass is 204 g/mol. The Labute approximate surface area is 82.6 Å². The van der Waals surface area contributed by atoms with E-state index in [9.17, 15) is 14.7 Å². The third-order valence-electron chi connectivity index (χ3n) is 1.86. The summed E-state index contributed by atoms with van der Waals surface area (Å²) in [4.78, 5) is 21.0. The van der Waals surface area contributed by atoms with Gasteiger partial charge in [0.25, 0.3) is 5.91 Å². The minimum absolute atomic E-state index is 0.0870. The first-order valence-electron chi connectivity index (χ1n) is 4.67. The Morgan fingerprint density at radius 1 is 1.36 bits per heavy atom. The van der Waals surface area contributed by atoms with Crippen LogP contribution in [0.25, 0.3) is 0 Å². The number of quaternary nitrogens is 2. The van der Waals surface area contributed by atoms with Gasteiger partial charge in [0.1, 0.15) is 6.04 Å². The van der Waals surface area contributed by atoms with Gasteiger partial charge in [-0.2, -0.15) is 0 Å². The maximum absolute atomic E-state index is 10.7. The number of nitrogens with one attached hydrogen (secondary N) is 1. The molecular formula is C8H18N3O3+. The highest BCUT2D eigenvalue weighted by Gasteiger charge is 2.06. The van der Waals surface area contributed by atoms with Crippen molar-refractivity contribution >= 4 is 11.9 Å². The minimum Gasteiger partial charge on any atom is -0.544 e. The number of hydrogen-bond donors (Lipinski definition) is 3. The van der Waals surface area contributed by atoms with Gasteiger partial charge in [-0.25, -0.2) is 0 Å². The average molecular weight is 204 g/mol. The molecule has 0 fully saturated rings. The Hall–Kier alpha value is -1.14. The van der Waals surface area contributed by atoms with Gasteiger partial charge in [0.2, 0.25) is 0 Å². The molecule has 0 unspecified atom stereocenters. The van der Waals surface area contributed by atoms with Crippen LogP contribution in [0.3, 0.4) is 0 Å². The van der Waals surface area contributed by atoms with E-state index in [1.165, 1.54) is 0 Å². The third-order valence-corrected chi connectivity index (χ3v) is 1.86. The first-order chi connectivity index (χ1) is 6.57. The Bertz CT molecular complexity index is 196. The summed E-state index contributed by atoms with van der Waals surface area (Å²) in [5.41, 5.74) is 6.85. The highest BCUT2D eigenvalue weighted by molar-refractivity contribution is 5.76. The Morgan fingerprint density at radius 3 is 2.50 bits per heavy atom. The summed E-state index contributed by atoms with van der Waals surface area (Å²) in [6.07, 6.45) is 1.97. The number of carbonyl (C=O) groups is 2. The molecule has 0 aromatic heterocycles. The summed E-state index contributed by atoms with van der Waals surface area (Å²) in [7, 11) is 0. The molecule has 0 aliphatic heterocycles.